The fourth-order valence-electron chi connectivity index (χ4n) is 2.76. The van der Waals surface area contributed by atoms with E-state index >= 15 is 0 Å². The standard InChI is InChI=1S/C16H20N6O/c1-5-21-12(3)14(11(2)19-21)10-20(4)16(23)13-9-18-22-8-6-7-17-15(13)22/h6-9H,5,10H2,1-4H3. The average molecular weight is 312 g/mol. The Hall–Kier alpha value is -2.70. The highest BCUT2D eigenvalue weighted by Crippen LogP contribution is 2.17. The first-order valence-electron chi connectivity index (χ1n) is 7.59. The summed E-state index contributed by atoms with van der Waals surface area (Å²) in [5.41, 5.74) is 4.23. The van der Waals surface area contributed by atoms with E-state index in [4.69, 9.17) is 0 Å². The third kappa shape index (κ3) is 2.58. The first-order valence-corrected chi connectivity index (χ1v) is 7.59. The highest BCUT2D eigenvalue weighted by Gasteiger charge is 2.20. The minimum atomic E-state index is -0.0956. The van der Waals surface area contributed by atoms with Gasteiger partial charge < -0.3 is 4.90 Å². The molecular weight excluding hydrogens is 292 g/mol. The molecule has 3 aromatic rings. The number of amides is 1. The Kier molecular flexibility index (Phi) is 3.85. The first-order chi connectivity index (χ1) is 11.0. The van der Waals surface area contributed by atoms with Crippen LogP contribution in [0.3, 0.4) is 0 Å². The average Bonchev–Trinajstić information content (AvgIpc) is 3.10. The molecule has 120 valence electrons. The van der Waals surface area contributed by atoms with Gasteiger partial charge in [0.25, 0.3) is 5.91 Å². The predicted octanol–water partition coefficient (Wildman–Crippen LogP) is 1.83. The van der Waals surface area contributed by atoms with Gasteiger partial charge in [-0.25, -0.2) is 9.50 Å². The SMILES string of the molecule is CCn1nc(C)c(CN(C)C(=O)c2cnn3cccnc23)c1C. The summed E-state index contributed by atoms with van der Waals surface area (Å²) in [6.45, 7) is 7.41. The molecule has 0 spiro atoms. The van der Waals surface area contributed by atoms with Crippen molar-refractivity contribution in [3.05, 3.63) is 47.2 Å². The molecule has 0 aromatic carbocycles. The molecule has 3 rings (SSSR count). The van der Waals surface area contributed by atoms with Gasteiger partial charge in [0.1, 0.15) is 5.56 Å². The van der Waals surface area contributed by atoms with E-state index in [1.165, 1.54) is 0 Å². The van der Waals surface area contributed by atoms with Gasteiger partial charge in [-0.2, -0.15) is 10.2 Å². The zero-order chi connectivity index (χ0) is 16.6. The van der Waals surface area contributed by atoms with E-state index in [2.05, 4.69) is 22.1 Å². The molecule has 0 saturated heterocycles. The van der Waals surface area contributed by atoms with Crippen LogP contribution in [0.1, 0.15) is 34.2 Å². The maximum atomic E-state index is 12.7. The van der Waals surface area contributed by atoms with Gasteiger partial charge >= 0.3 is 0 Å². The molecule has 7 heteroatoms. The lowest BCUT2D eigenvalue weighted by Gasteiger charge is -2.17. The summed E-state index contributed by atoms with van der Waals surface area (Å²) in [5.74, 6) is -0.0956. The van der Waals surface area contributed by atoms with Crippen molar-refractivity contribution in [2.45, 2.75) is 33.9 Å². The number of aromatic nitrogens is 5. The van der Waals surface area contributed by atoms with Crippen molar-refractivity contribution in [1.82, 2.24) is 29.3 Å². The molecule has 0 N–H and O–H groups in total. The van der Waals surface area contributed by atoms with Crippen molar-refractivity contribution < 1.29 is 4.79 Å². The van der Waals surface area contributed by atoms with Crippen LogP contribution in [0, 0.1) is 13.8 Å². The van der Waals surface area contributed by atoms with Crippen molar-refractivity contribution >= 4 is 11.6 Å². The second kappa shape index (κ2) is 5.83. The maximum absolute atomic E-state index is 12.7. The number of nitrogens with zero attached hydrogens (tertiary/aromatic N) is 6. The van der Waals surface area contributed by atoms with Crippen LogP contribution in [0.4, 0.5) is 0 Å². The largest absolute Gasteiger partial charge is 0.337 e. The molecule has 0 radical (unpaired) electrons. The lowest BCUT2D eigenvalue weighted by Crippen LogP contribution is -2.26. The third-order valence-corrected chi connectivity index (χ3v) is 4.08. The van der Waals surface area contributed by atoms with Crippen LogP contribution in [0.5, 0.6) is 0 Å². The molecule has 0 aliphatic heterocycles. The summed E-state index contributed by atoms with van der Waals surface area (Å²) >= 11 is 0. The molecule has 0 atom stereocenters. The molecule has 0 unspecified atom stereocenters. The van der Waals surface area contributed by atoms with Crippen molar-refractivity contribution in [3.8, 4) is 0 Å². The monoisotopic (exact) mass is 312 g/mol. The summed E-state index contributed by atoms with van der Waals surface area (Å²) in [6.07, 6.45) is 5.00. The van der Waals surface area contributed by atoms with Crippen LogP contribution in [0.25, 0.3) is 5.65 Å². The van der Waals surface area contributed by atoms with Gasteiger partial charge in [0.15, 0.2) is 5.65 Å². The van der Waals surface area contributed by atoms with Gasteiger partial charge in [0, 0.05) is 43.8 Å². The van der Waals surface area contributed by atoms with Crippen LogP contribution < -0.4 is 0 Å². The predicted molar refractivity (Wildman–Crippen MR) is 86.2 cm³/mol. The molecule has 0 fully saturated rings. The van der Waals surface area contributed by atoms with Crippen LogP contribution >= 0.6 is 0 Å². The van der Waals surface area contributed by atoms with Crippen LogP contribution in [0.15, 0.2) is 24.7 Å². The summed E-state index contributed by atoms with van der Waals surface area (Å²) in [4.78, 5) is 18.7. The van der Waals surface area contributed by atoms with Gasteiger partial charge in [-0.15, -0.1) is 0 Å². The van der Waals surface area contributed by atoms with E-state index in [0.717, 1.165) is 23.5 Å². The van der Waals surface area contributed by atoms with E-state index in [9.17, 15) is 4.79 Å². The maximum Gasteiger partial charge on any atom is 0.259 e. The molecule has 0 bridgehead atoms. The van der Waals surface area contributed by atoms with Gasteiger partial charge in [0.2, 0.25) is 0 Å². The van der Waals surface area contributed by atoms with E-state index in [1.807, 2.05) is 18.5 Å². The summed E-state index contributed by atoms with van der Waals surface area (Å²) < 4.78 is 3.56. The highest BCUT2D eigenvalue weighted by atomic mass is 16.2. The number of carbonyl (C=O) groups is 1. The Morgan fingerprint density at radius 1 is 1.35 bits per heavy atom. The molecule has 3 heterocycles. The second-order valence-electron chi connectivity index (χ2n) is 5.57. The Labute approximate surface area is 134 Å². The normalized spacial score (nSPS) is 11.1. The number of fused-ring (bicyclic) bond motifs is 1. The third-order valence-electron chi connectivity index (χ3n) is 4.08. The molecule has 7 nitrogen and oxygen atoms in total. The molecule has 0 aliphatic carbocycles. The molecule has 1 amide bonds. The van der Waals surface area contributed by atoms with E-state index < -0.39 is 0 Å². The first kappa shape index (κ1) is 15.2. The number of rotatable bonds is 4. The highest BCUT2D eigenvalue weighted by molar-refractivity contribution is 5.99. The molecule has 23 heavy (non-hydrogen) atoms. The van der Waals surface area contributed by atoms with Gasteiger partial charge in [0.05, 0.1) is 11.9 Å². The second-order valence-corrected chi connectivity index (χ2v) is 5.57. The number of hydrogen-bond acceptors (Lipinski definition) is 4. The summed E-state index contributed by atoms with van der Waals surface area (Å²) in [7, 11) is 1.79. The van der Waals surface area contributed by atoms with Crippen LogP contribution in [-0.2, 0) is 13.1 Å². The van der Waals surface area contributed by atoms with Gasteiger partial charge in [-0.3, -0.25) is 9.48 Å². The molecular formula is C16H20N6O. The Morgan fingerprint density at radius 3 is 2.83 bits per heavy atom. The van der Waals surface area contributed by atoms with Crippen LogP contribution in [0.2, 0.25) is 0 Å². The topological polar surface area (TPSA) is 68.3 Å². The number of aryl methyl sites for hydroxylation is 2. The minimum absolute atomic E-state index is 0.0956. The number of hydrogen-bond donors (Lipinski definition) is 0. The summed E-state index contributed by atoms with van der Waals surface area (Å²) in [5, 5.41) is 8.68. The van der Waals surface area contributed by atoms with Crippen molar-refractivity contribution in [2.24, 2.45) is 0 Å². The quantitative estimate of drug-likeness (QED) is 0.737. The fraction of sp³-hybridized carbons (Fsp3) is 0.375. The van der Waals surface area contributed by atoms with Crippen molar-refractivity contribution in [3.63, 3.8) is 0 Å². The van der Waals surface area contributed by atoms with E-state index in [-0.39, 0.29) is 5.91 Å². The van der Waals surface area contributed by atoms with E-state index in [1.54, 1.807) is 41.1 Å². The van der Waals surface area contributed by atoms with Crippen molar-refractivity contribution in [1.29, 1.82) is 0 Å². The lowest BCUT2D eigenvalue weighted by molar-refractivity contribution is 0.0786. The molecule has 0 aliphatic rings. The zero-order valence-electron chi connectivity index (χ0n) is 13.8. The number of carbonyl (C=O) groups excluding carboxylic acids is 1. The zero-order valence-corrected chi connectivity index (χ0v) is 13.8. The Bertz CT molecular complexity index is 863. The smallest absolute Gasteiger partial charge is 0.259 e. The van der Waals surface area contributed by atoms with Crippen molar-refractivity contribution in [2.75, 3.05) is 7.05 Å². The van der Waals surface area contributed by atoms with Crippen LogP contribution in [-0.4, -0.2) is 42.2 Å². The lowest BCUT2D eigenvalue weighted by atomic mass is 10.1. The summed E-state index contributed by atoms with van der Waals surface area (Å²) in [6, 6.07) is 1.78. The molecule has 0 saturated carbocycles. The Balaban J connectivity index is 1.87. The minimum Gasteiger partial charge on any atom is -0.337 e. The van der Waals surface area contributed by atoms with Gasteiger partial charge in [-0.1, -0.05) is 0 Å². The fourth-order valence-corrected chi connectivity index (χ4v) is 2.76. The van der Waals surface area contributed by atoms with Gasteiger partial charge in [-0.05, 0) is 26.8 Å². The van der Waals surface area contributed by atoms with E-state index in [0.29, 0.717) is 17.8 Å². The molecule has 3 aromatic heterocycles. The Morgan fingerprint density at radius 2 is 2.13 bits per heavy atom.